The minimum Gasteiger partial charge on any atom is -0.454 e. The van der Waals surface area contributed by atoms with Crippen LogP contribution in [0, 0.1) is 17.8 Å². The lowest BCUT2D eigenvalue weighted by Gasteiger charge is -2.57. The van der Waals surface area contributed by atoms with Crippen molar-refractivity contribution in [3.8, 4) is 11.5 Å². The number of nitrogens with one attached hydrogen (secondary N) is 1. The van der Waals surface area contributed by atoms with Crippen molar-refractivity contribution in [1.82, 2.24) is 15.1 Å². The van der Waals surface area contributed by atoms with Crippen LogP contribution in [0.15, 0.2) is 18.2 Å². The van der Waals surface area contributed by atoms with E-state index in [0.717, 1.165) is 62.0 Å². The normalized spacial score (nSPS) is 35.2. The summed E-state index contributed by atoms with van der Waals surface area (Å²) in [6.07, 6.45) is 7.88. The van der Waals surface area contributed by atoms with E-state index in [1.807, 2.05) is 11.0 Å². The minimum absolute atomic E-state index is 0.107. The quantitative estimate of drug-likeness (QED) is 0.851. The number of hydrogen-bond acceptors (Lipinski definition) is 4. The predicted octanol–water partition coefficient (Wildman–Crippen LogP) is 3.21. The standard InChI is InChI=1S/C23H31N3O3/c27-22(24-23-11-17-7-18(12-23)9-19(8-17)13-23)26-5-3-25(4-6-26)14-16-1-2-20-21(10-16)29-15-28-20/h1-2,10,17-19H,3-9,11-15H2,(H,24,27). The highest BCUT2D eigenvalue weighted by atomic mass is 16.7. The summed E-state index contributed by atoms with van der Waals surface area (Å²) < 4.78 is 10.9. The number of nitrogens with zero attached hydrogens (tertiary/aromatic N) is 2. The molecule has 1 saturated heterocycles. The van der Waals surface area contributed by atoms with Crippen molar-refractivity contribution >= 4 is 6.03 Å². The van der Waals surface area contributed by atoms with Crippen molar-refractivity contribution in [3.05, 3.63) is 23.8 Å². The van der Waals surface area contributed by atoms with Gasteiger partial charge in [-0.25, -0.2) is 4.79 Å². The number of ether oxygens (including phenoxy) is 2. The van der Waals surface area contributed by atoms with Crippen molar-refractivity contribution in [2.24, 2.45) is 17.8 Å². The molecule has 1 aromatic carbocycles. The molecule has 0 radical (unpaired) electrons. The lowest BCUT2D eigenvalue weighted by Crippen LogP contribution is -2.63. The summed E-state index contributed by atoms with van der Waals surface area (Å²) in [5.74, 6) is 4.26. The minimum atomic E-state index is 0.107. The Hall–Kier alpha value is -1.95. The van der Waals surface area contributed by atoms with E-state index >= 15 is 0 Å². The number of fused-ring (bicyclic) bond motifs is 1. The third kappa shape index (κ3) is 3.35. The van der Waals surface area contributed by atoms with Crippen LogP contribution in [0.25, 0.3) is 0 Å². The van der Waals surface area contributed by atoms with Crippen LogP contribution in [0.4, 0.5) is 4.79 Å². The molecule has 2 aliphatic heterocycles. The van der Waals surface area contributed by atoms with Crippen LogP contribution in [-0.2, 0) is 6.54 Å². The zero-order valence-corrected chi connectivity index (χ0v) is 17.1. The maximum absolute atomic E-state index is 13.0. The number of piperazine rings is 1. The summed E-state index contributed by atoms with van der Waals surface area (Å²) in [6, 6.07) is 6.36. The molecule has 6 aliphatic rings. The Morgan fingerprint density at radius 3 is 2.31 bits per heavy atom. The smallest absolute Gasteiger partial charge is 0.317 e. The molecule has 2 amide bonds. The fraction of sp³-hybridized carbons (Fsp3) is 0.696. The first-order valence-electron chi connectivity index (χ1n) is 11.3. The molecule has 0 unspecified atom stereocenters. The Labute approximate surface area is 172 Å². The number of hydrogen-bond donors (Lipinski definition) is 1. The van der Waals surface area contributed by atoms with Gasteiger partial charge in [0, 0.05) is 38.3 Å². The topological polar surface area (TPSA) is 54.0 Å². The van der Waals surface area contributed by atoms with Crippen molar-refractivity contribution in [2.75, 3.05) is 33.0 Å². The third-order valence-electron chi connectivity index (χ3n) is 7.91. The average Bonchev–Trinajstić information content (AvgIpc) is 3.15. The fourth-order valence-electron chi connectivity index (χ4n) is 6.98. The van der Waals surface area contributed by atoms with Crippen molar-refractivity contribution < 1.29 is 14.3 Å². The first kappa shape index (κ1) is 17.9. The van der Waals surface area contributed by atoms with E-state index in [2.05, 4.69) is 22.3 Å². The molecule has 4 saturated carbocycles. The van der Waals surface area contributed by atoms with Crippen molar-refractivity contribution in [3.63, 3.8) is 0 Å². The Kier molecular flexibility index (Phi) is 4.19. The summed E-state index contributed by atoms with van der Waals surface area (Å²) in [7, 11) is 0. The van der Waals surface area contributed by atoms with Gasteiger partial charge in [-0.2, -0.15) is 0 Å². The molecule has 4 aliphatic carbocycles. The van der Waals surface area contributed by atoms with Gasteiger partial charge in [-0.15, -0.1) is 0 Å². The summed E-state index contributed by atoms with van der Waals surface area (Å²) >= 11 is 0. The van der Waals surface area contributed by atoms with Gasteiger partial charge in [-0.05, 0) is 74.0 Å². The van der Waals surface area contributed by atoms with Gasteiger partial charge in [0.25, 0.3) is 0 Å². The van der Waals surface area contributed by atoms with Crippen LogP contribution < -0.4 is 14.8 Å². The Morgan fingerprint density at radius 1 is 0.966 bits per heavy atom. The van der Waals surface area contributed by atoms with Gasteiger partial charge in [0.2, 0.25) is 6.79 Å². The van der Waals surface area contributed by atoms with Crippen LogP contribution in [0.3, 0.4) is 0 Å². The molecule has 6 nitrogen and oxygen atoms in total. The highest BCUT2D eigenvalue weighted by Gasteiger charge is 2.51. The van der Waals surface area contributed by atoms with E-state index in [1.165, 1.54) is 44.1 Å². The maximum Gasteiger partial charge on any atom is 0.317 e. The van der Waals surface area contributed by atoms with E-state index in [0.29, 0.717) is 6.79 Å². The third-order valence-corrected chi connectivity index (χ3v) is 7.91. The molecular weight excluding hydrogens is 366 g/mol. The van der Waals surface area contributed by atoms with Crippen LogP contribution in [0.1, 0.15) is 44.1 Å². The van der Waals surface area contributed by atoms with E-state index in [1.54, 1.807) is 0 Å². The molecule has 156 valence electrons. The monoisotopic (exact) mass is 397 g/mol. The highest BCUT2D eigenvalue weighted by molar-refractivity contribution is 5.75. The lowest BCUT2D eigenvalue weighted by atomic mass is 9.53. The molecular formula is C23H31N3O3. The Balaban J connectivity index is 1.03. The second kappa shape index (κ2) is 6.79. The van der Waals surface area contributed by atoms with Gasteiger partial charge in [-0.3, -0.25) is 4.90 Å². The molecule has 0 aromatic heterocycles. The van der Waals surface area contributed by atoms with Gasteiger partial charge in [-0.1, -0.05) is 6.07 Å². The molecule has 0 spiro atoms. The molecule has 2 heterocycles. The van der Waals surface area contributed by atoms with Crippen molar-refractivity contribution in [1.29, 1.82) is 0 Å². The molecule has 5 fully saturated rings. The van der Waals surface area contributed by atoms with Crippen LogP contribution in [0.5, 0.6) is 11.5 Å². The molecule has 1 aromatic rings. The first-order chi connectivity index (χ1) is 14.1. The molecule has 1 N–H and O–H groups in total. The van der Waals surface area contributed by atoms with Gasteiger partial charge in [0.15, 0.2) is 11.5 Å². The van der Waals surface area contributed by atoms with E-state index in [-0.39, 0.29) is 11.6 Å². The maximum atomic E-state index is 13.0. The van der Waals surface area contributed by atoms with Crippen LogP contribution in [-0.4, -0.2) is 54.3 Å². The number of urea groups is 1. The average molecular weight is 398 g/mol. The van der Waals surface area contributed by atoms with Gasteiger partial charge in [0.05, 0.1) is 0 Å². The van der Waals surface area contributed by atoms with E-state index in [4.69, 9.17) is 9.47 Å². The molecule has 0 atom stereocenters. The van der Waals surface area contributed by atoms with Gasteiger partial charge >= 0.3 is 6.03 Å². The Bertz CT molecular complexity index is 767. The molecule has 29 heavy (non-hydrogen) atoms. The van der Waals surface area contributed by atoms with Crippen molar-refractivity contribution in [2.45, 2.75) is 50.6 Å². The second-order valence-corrected chi connectivity index (χ2v) is 10.1. The zero-order valence-electron chi connectivity index (χ0n) is 17.1. The fourth-order valence-corrected chi connectivity index (χ4v) is 6.98. The number of rotatable bonds is 3. The first-order valence-corrected chi connectivity index (χ1v) is 11.3. The predicted molar refractivity (Wildman–Crippen MR) is 109 cm³/mol. The number of amides is 2. The van der Waals surface area contributed by atoms with Gasteiger partial charge in [0.1, 0.15) is 0 Å². The SMILES string of the molecule is O=C(NC12CC3CC(CC(C3)C1)C2)N1CCN(Cc2ccc3c(c2)OCO3)CC1. The number of benzene rings is 1. The van der Waals surface area contributed by atoms with E-state index < -0.39 is 0 Å². The van der Waals surface area contributed by atoms with Crippen LogP contribution in [0.2, 0.25) is 0 Å². The molecule has 7 rings (SSSR count). The van der Waals surface area contributed by atoms with E-state index in [9.17, 15) is 4.79 Å². The summed E-state index contributed by atoms with van der Waals surface area (Å²) in [4.78, 5) is 17.5. The largest absolute Gasteiger partial charge is 0.454 e. The second-order valence-electron chi connectivity index (χ2n) is 10.1. The summed E-state index contributed by atoms with van der Waals surface area (Å²) in [5.41, 5.74) is 1.34. The Morgan fingerprint density at radius 2 is 1.62 bits per heavy atom. The summed E-state index contributed by atoms with van der Waals surface area (Å²) in [6.45, 7) is 4.66. The van der Waals surface area contributed by atoms with Gasteiger partial charge < -0.3 is 19.7 Å². The zero-order chi connectivity index (χ0) is 19.4. The number of carbonyl (C=O) groups is 1. The molecule has 4 bridgehead atoms. The molecule has 6 heteroatoms. The van der Waals surface area contributed by atoms with Crippen LogP contribution >= 0.6 is 0 Å². The highest BCUT2D eigenvalue weighted by Crippen LogP contribution is 2.55. The lowest BCUT2D eigenvalue weighted by molar-refractivity contribution is -0.0165. The number of carbonyl (C=O) groups excluding carboxylic acids is 1. The summed E-state index contributed by atoms with van der Waals surface area (Å²) in [5, 5.41) is 3.53.